The Hall–Kier alpha value is -1.83. The average molecular weight is 405 g/mol. The number of rotatable bonds is 2. The smallest absolute Gasteiger partial charge is 0.317 e. The van der Waals surface area contributed by atoms with E-state index in [9.17, 15) is 15.0 Å². The van der Waals surface area contributed by atoms with Gasteiger partial charge in [-0.3, -0.25) is 4.68 Å². The predicted molar refractivity (Wildman–Crippen MR) is 105 cm³/mol. The van der Waals surface area contributed by atoms with Crippen LogP contribution < -0.4 is 5.32 Å². The SMILES string of the molecule is CC1(C2CCN(C(=O)N[C@H]3C[C@H](O)C3)CC2)[C@H](O)c2cc(Cl)cc3cnn1c23. The molecule has 0 spiro atoms. The maximum absolute atomic E-state index is 12.5. The molecule has 150 valence electrons. The number of urea groups is 1. The molecule has 1 aliphatic carbocycles. The molecule has 2 fully saturated rings. The zero-order chi connectivity index (χ0) is 19.6. The van der Waals surface area contributed by atoms with Crippen LogP contribution in [0.1, 0.15) is 44.3 Å². The van der Waals surface area contributed by atoms with Gasteiger partial charge in [0.1, 0.15) is 6.10 Å². The molecule has 2 amide bonds. The van der Waals surface area contributed by atoms with E-state index in [0.29, 0.717) is 31.0 Å². The maximum atomic E-state index is 12.5. The van der Waals surface area contributed by atoms with E-state index in [2.05, 4.69) is 17.3 Å². The minimum Gasteiger partial charge on any atom is -0.393 e. The van der Waals surface area contributed by atoms with Gasteiger partial charge in [0.2, 0.25) is 0 Å². The van der Waals surface area contributed by atoms with E-state index in [1.165, 1.54) is 0 Å². The van der Waals surface area contributed by atoms with E-state index in [0.717, 1.165) is 29.3 Å². The van der Waals surface area contributed by atoms with Crippen molar-refractivity contribution in [2.45, 2.75) is 56.4 Å². The molecule has 1 saturated heterocycles. The van der Waals surface area contributed by atoms with Crippen LogP contribution in [-0.2, 0) is 5.54 Å². The van der Waals surface area contributed by atoms with Crippen molar-refractivity contribution in [3.8, 4) is 0 Å². The van der Waals surface area contributed by atoms with Crippen molar-refractivity contribution in [1.29, 1.82) is 0 Å². The van der Waals surface area contributed by atoms with E-state index in [1.54, 1.807) is 0 Å². The molecular formula is C20H25ClN4O3. The summed E-state index contributed by atoms with van der Waals surface area (Å²) in [6, 6.07) is 3.76. The lowest BCUT2D eigenvalue weighted by atomic mass is 9.75. The average Bonchev–Trinajstić information content (AvgIpc) is 3.17. The lowest BCUT2D eigenvalue weighted by molar-refractivity contribution is -0.0122. The van der Waals surface area contributed by atoms with Crippen LogP contribution in [0.3, 0.4) is 0 Å². The lowest BCUT2D eigenvalue weighted by Crippen LogP contribution is -2.54. The second kappa shape index (κ2) is 6.34. The predicted octanol–water partition coefficient (Wildman–Crippen LogP) is 2.40. The zero-order valence-corrected chi connectivity index (χ0v) is 16.6. The van der Waals surface area contributed by atoms with Gasteiger partial charge in [0.25, 0.3) is 0 Å². The second-order valence-electron chi connectivity index (χ2n) is 8.65. The van der Waals surface area contributed by atoms with Crippen molar-refractivity contribution in [3.63, 3.8) is 0 Å². The van der Waals surface area contributed by atoms with E-state index >= 15 is 0 Å². The molecule has 7 nitrogen and oxygen atoms in total. The van der Waals surface area contributed by atoms with Gasteiger partial charge >= 0.3 is 6.03 Å². The molecule has 3 aliphatic rings. The summed E-state index contributed by atoms with van der Waals surface area (Å²) < 4.78 is 1.97. The van der Waals surface area contributed by atoms with Crippen molar-refractivity contribution in [1.82, 2.24) is 20.0 Å². The summed E-state index contributed by atoms with van der Waals surface area (Å²) in [4.78, 5) is 14.3. The van der Waals surface area contributed by atoms with Crippen LogP contribution in [0.4, 0.5) is 4.79 Å². The van der Waals surface area contributed by atoms with Gasteiger partial charge in [0.15, 0.2) is 0 Å². The van der Waals surface area contributed by atoms with Crippen LogP contribution in [0.25, 0.3) is 10.9 Å². The van der Waals surface area contributed by atoms with E-state index in [1.807, 2.05) is 27.9 Å². The highest BCUT2D eigenvalue weighted by Crippen LogP contribution is 2.51. The number of hydrogen-bond donors (Lipinski definition) is 3. The number of aliphatic hydroxyl groups excluding tert-OH is 2. The summed E-state index contributed by atoms with van der Waals surface area (Å²) >= 11 is 6.23. The molecule has 0 bridgehead atoms. The first-order valence-corrected chi connectivity index (χ1v) is 10.3. The number of halogens is 1. The molecule has 5 rings (SSSR count). The number of likely N-dealkylation sites (tertiary alicyclic amines) is 1. The van der Waals surface area contributed by atoms with Gasteiger partial charge in [-0.25, -0.2) is 4.79 Å². The Labute approximate surface area is 168 Å². The number of aliphatic hydroxyl groups is 2. The van der Waals surface area contributed by atoms with Gasteiger partial charge < -0.3 is 20.4 Å². The topological polar surface area (TPSA) is 90.6 Å². The third kappa shape index (κ3) is 2.56. The molecule has 1 aromatic carbocycles. The highest BCUT2D eigenvalue weighted by molar-refractivity contribution is 6.31. The first-order valence-electron chi connectivity index (χ1n) is 9.97. The number of benzene rings is 1. The van der Waals surface area contributed by atoms with Gasteiger partial charge in [-0.05, 0) is 50.7 Å². The van der Waals surface area contributed by atoms with E-state index in [-0.39, 0.29) is 24.1 Å². The molecule has 8 heteroatoms. The Bertz CT molecular complexity index is 933. The number of piperidine rings is 1. The Morgan fingerprint density at radius 3 is 2.68 bits per heavy atom. The minimum absolute atomic E-state index is 0.0518. The first-order chi connectivity index (χ1) is 13.4. The van der Waals surface area contributed by atoms with Gasteiger partial charge in [0, 0.05) is 35.1 Å². The number of carbonyl (C=O) groups excluding carboxylic acids is 1. The fraction of sp³-hybridized carbons (Fsp3) is 0.600. The molecule has 1 unspecified atom stereocenters. The molecule has 0 radical (unpaired) electrons. The van der Waals surface area contributed by atoms with Crippen molar-refractivity contribution in [2.75, 3.05) is 13.1 Å². The van der Waals surface area contributed by atoms with Crippen LogP contribution in [0.15, 0.2) is 18.3 Å². The number of nitrogens with one attached hydrogen (secondary N) is 1. The largest absolute Gasteiger partial charge is 0.393 e. The van der Waals surface area contributed by atoms with Gasteiger partial charge in [-0.15, -0.1) is 0 Å². The molecule has 3 heterocycles. The van der Waals surface area contributed by atoms with E-state index < -0.39 is 11.6 Å². The standard InChI is InChI=1S/C20H25ClN4O3/c1-20(18(27)16-7-13(21)6-11-10-22-25(20)17(11)16)12-2-4-24(5-3-12)19(28)23-14-8-15(26)9-14/h6-7,10,12,14-15,18,26-27H,2-5,8-9H2,1H3,(H,23,28)/t14-,15-,18-,20?/m1/s1. The maximum Gasteiger partial charge on any atom is 0.317 e. The number of nitrogens with zero attached hydrogens (tertiary/aromatic N) is 3. The monoisotopic (exact) mass is 404 g/mol. The summed E-state index contributed by atoms with van der Waals surface area (Å²) in [5.74, 6) is 0.200. The third-order valence-corrected chi connectivity index (χ3v) is 7.23. The molecule has 28 heavy (non-hydrogen) atoms. The molecule has 1 aromatic heterocycles. The number of carbonyl (C=O) groups is 1. The van der Waals surface area contributed by atoms with Crippen molar-refractivity contribution in [3.05, 3.63) is 28.9 Å². The second-order valence-corrected chi connectivity index (χ2v) is 9.09. The molecule has 2 aliphatic heterocycles. The Kier molecular flexibility index (Phi) is 4.12. The Morgan fingerprint density at radius 2 is 2.00 bits per heavy atom. The van der Waals surface area contributed by atoms with Gasteiger partial charge in [0.05, 0.1) is 23.4 Å². The number of amides is 2. The van der Waals surface area contributed by atoms with Crippen molar-refractivity contribution < 1.29 is 15.0 Å². The summed E-state index contributed by atoms with van der Waals surface area (Å²) in [5.41, 5.74) is 1.25. The quantitative estimate of drug-likeness (QED) is 0.716. The lowest BCUT2D eigenvalue weighted by Gasteiger charge is -2.43. The summed E-state index contributed by atoms with van der Waals surface area (Å²) in [7, 11) is 0. The molecule has 3 N–H and O–H groups in total. The van der Waals surface area contributed by atoms with Gasteiger partial charge in [-0.2, -0.15) is 5.10 Å². The molecule has 2 atom stereocenters. The van der Waals surface area contributed by atoms with Gasteiger partial charge in [-0.1, -0.05) is 11.6 Å². The fourth-order valence-electron chi connectivity index (χ4n) is 5.20. The molecule has 1 saturated carbocycles. The van der Waals surface area contributed by atoms with Crippen molar-refractivity contribution >= 4 is 28.5 Å². The normalized spacial score (nSPS) is 32.6. The fourth-order valence-corrected chi connectivity index (χ4v) is 5.44. The van der Waals surface area contributed by atoms with Crippen LogP contribution in [-0.4, -0.2) is 56.2 Å². The van der Waals surface area contributed by atoms with Crippen LogP contribution >= 0.6 is 11.6 Å². The van der Waals surface area contributed by atoms with Crippen LogP contribution in [0.5, 0.6) is 0 Å². The van der Waals surface area contributed by atoms with Crippen molar-refractivity contribution in [2.24, 2.45) is 5.92 Å². The third-order valence-electron chi connectivity index (χ3n) is 7.01. The summed E-state index contributed by atoms with van der Waals surface area (Å²) in [6.45, 7) is 3.36. The molecule has 2 aromatic rings. The van der Waals surface area contributed by atoms with E-state index in [4.69, 9.17) is 11.6 Å². The first kappa shape index (κ1) is 18.2. The minimum atomic E-state index is -0.667. The Morgan fingerprint density at radius 1 is 1.29 bits per heavy atom. The number of hydrogen-bond acceptors (Lipinski definition) is 4. The summed E-state index contributed by atoms with van der Waals surface area (Å²) in [5, 5.41) is 29.7. The highest BCUT2D eigenvalue weighted by Gasteiger charge is 2.50. The number of aromatic nitrogens is 2. The van der Waals surface area contributed by atoms with Crippen LogP contribution in [0.2, 0.25) is 5.02 Å². The highest BCUT2D eigenvalue weighted by atomic mass is 35.5. The molecular weight excluding hydrogens is 380 g/mol. The Balaban J connectivity index is 1.32. The van der Waals surface area contributed by atoms with Crippen LogP contribution in [0, 0.1) is 5.92 Å². The zero-order valence-electron chi connectivity index (χ0n) is 15.8. The summed E-state index contributed by atoms with van der Waals surface area (Å²) in [6.07, 6.45) is 3.75.